The van der Waals surface area contributed by atoms with E-state index in [1.807, 2.05) is 0 Å². The molecule has 11 nitrogen and oxygen atoms in total. The Morgan fingerprint density at radius 3 is 2.58 bits per heavy atom. The number of benzene rings is 2. The van der Waals surface area contributed by atoms with Crippen LogP contribution in [-0.4, -0.2) is 60.3 Å². The lowest BCUT2D eigenvalue weighted by Crippen LogP contribution is -2.40. The van der Waals surface area contributed by atoms with Crippen LogP contribution in [0, 0.1) is 0 Å². The van der Waals surface area contributed by atoms with Gasteiger partial charge in [-0.05, 0) is 30.3 Å². The molecule has 1 aromatic heterocycles. The Morgan fingerprint density at radius 1 is 1.16 bits per heavy atom. The van der Waals surface area contributed by atoms with E-state index in [9.17, 15) is 19.2 Å². The van der Waals surface area contributed by atoms with Gasteiger partial charge in [0.1, 0.15) is 12.2 Å². The highest BCUT2D eigenvalue weighted by molar-refractivity contribution is 7.22. The second kappa shape index (κ2) is 11.8. The van der Waals surface area contributed by atoms with Crippen LogP contribution in [0.2, 0.25) is 10.0 Å². The lowest BCUT2D eigenvalue weighted by Gasteiger charge is -2.26. The first-order valence-electron chi connectivity index (χ1n) is 11.4. The zero-order valence-corrected chi connectivity index (χ0v) is 22.7. The summed E-state index contributed by atoms with van der Waals surface area (Å²) in [5, 5.41) is 12.3. The van der Waals surface area contributed by atoms with Crippen LogP contribution in [0.15, 0.2) is 40.6 Å². The number of nitrogens with one attached hydrogen (secondary N) is 1. The number of carbonyl (C=O) groups is 4. The minimum absolute atomic E-state index is 0.107. The number of thiazole rings is 1. The molecule has 3 aromatic rings. The third-order valence-corrected chi connectivity index (χ3v) is 7.52. The van der Waals surface area contributed by atoms with Crippen LogP contribution in [0.25, 0.3) is 10.2 Å². The molecule has 1 saturated heterocycles. The Hall–Kier alpha value is -3.61. The quantitative estimate of drug-likeness (QED) is 0.212. The number of halogens is 2. The van der Waals surface area contributed by atoms with Crippen molar-refractivity contribution in [3.63, 3.8) is 0 Å². The number of fused-ring (bicyclic) bond motifs is 1. The zero-order valence-electron chi connectivity index (χ0n) is 20.4. The zero-order chi connectivity index (χ0) is 27.4. The highest BCUT2D eigenvalue weighted by atomic mass is 35.5. The van der Waals surface area contributed by atoms with Crippen molar-refractivity contribution in [2.75, 3.05) is 37.0 Å². The number of aromatic nitrogens is 1. The Labute approximate surface area is 231 Å². The molecule has 1 aliphatic rings. The predicted octanol–water partition coefficient (Wildman–Crippen LogP) is 5.11. The molecule has 38 heavy (non-hydrogen) atoms. The molecule has 0 bridgehead atoms. The maximum absolute atomic E-state index is 12.1. The average molecular weight is 577 g/mol. The minimum Gasteiger partial charge on any atom is -0.468 e. The highest BCUT2D eigenvalue weighted by Crippen LogP contribution is 2.38. The molecule has 1 aliphatic heterocycles. The van der Waals surface area contributed by atoms with Gasteiger partial charge in [-0.25, -0.2) is 4.98 Å². The van der Waals surface area contributed by atoms with Gasteiger partial charge in [0.2, 0.25) is 22.9 Å². The normalized spacial score (nSPS) is 13.5. The first-order valence-corrected chi connectivity index (χ1v) is 13.0. The van der Waals surface area contributed by atoms with Gasteiger partial charge in [0.05, 0.1) is 33.1 Å². The number of ether oxygens (including phenoxy) is 1. The molecule has 2 aromatic carbocycles. The number of hydrogen-bond donors (Lipinski definition) is 1. The van der Waals surface area contributed by atoms with E-state index in [0.29, 0.717) is 42.5 Å². The molecule has 2 heterocycles. The summed E-state index contributed by atoms with van der Waals surface area (Å²) in [4.78, 5) is 55.3. The van der Waals surface area contributed by atoms with Gasteiger partial charge in [-0.15, -0.1) is 10.2 Å². The molecule has 198 valence electrons. The van der Waals surface area contributed by atoms with Gasteiger partial charge < -0.3 is 15.0 Å². The summed E-state index contributed by atoms with van der Waals surface area (Å²) in [6, 6.07) is 8.32. The Bertz CT molecular complexity index is 1440. The second-order valence-electron chi connectivity index (χ2n) is 8.23. The van der Waals surface area contributed by atoms with Gasteiger partial charge in [0.15, 0.2) is 0 Å². The third kappa shape index (κ3) is 6.26. The van der Waals surface area contributed by atoms with Crippen molar-refractivity contribution in [1.29, 1.82) is 0 Å². The molecule has 0 saturated carbocycles. The van der Waals surface area contributed by atoms with Gasteiger partial charge in [0.25, 0.3) is 0 Å². The lowest BCUT2D eigenvalue weighted by molar-refractivity contribution is -0.139. The molecular formula is C24H22Cl2N6O5S. The monoisotopic (exact) mass is 576 g/mol. The third-order valence-electron chi connectivity index (χ3n) is 5.63. The fourth-order valence-electron chi connectivity index (χ4n) is 3.77. The lowest BCUT2D eigenvalue weighted by atomic mass is 10.2. The molecule has 0 aliphatic carbocycles. The SMILES string of the molecule is COC(=O)CN(CCN1C(=O)CCC1=O)c1ccc(N=Nc2nc3ccc(Cl)c(Cl)c3s2)c(NC(C)=O)c1. The van der Waals surface area contributed by atoms with Crippen molar-refractivity contribution < 1.29 is 23.9 Å². The number of azo groups is 1. The number of hydrogen-bond acceptors (Lipinski definition) is 10. The highest BCUT2D eigenvalue weighted by Gasteiger charge is 2.29. The predicted molar refractivity (Wildman–Crippen MR) is 145 cm³/mol. The Kier molecular flexibility index (Phi) is 8.55. The molecule has 1 fully saturated rings. The molecular weight excluding hydrogens is 555 g/mol. The molecule has 0 radical (unpaired) electrons. The molecule has 1 N–H and O–H groups in total. The number of esters is 1. The van der Waals surface area contributed by atoms with Gasteiger partial charge >= 0.3 is 5.97 Å². The Balaban J connectivity index is 1.62. The summed E-state index contributed by atoms with van der Waals surface area (Å²) < 4.78 is 5.49. The summed E-state index contributed by atoms with van der Waals surface area (Å²) in [6.07, 6.45) is 0.353. The van der Waals surface area contributed by atoms with Gasteiger partial charge in [0, 0.05) is 38.5 Å². The van der Waals surface area contributed by atoms with E-state index in [0.717, 1.165) is 0 Å². The smallest absolute Gasteiger partial charge is 0.325 e. The minimum atomic E-state index is -0.511. The van der Waals surface area contributed by atoms with E-state index in [4.69, 9.17) is 27.9 Å². The van der Waals surface area contributed by atoms with Crippen LogP contribution in [0.1, 0.15) is 19.8 Å². The maximum Gasteiger partial charge on any atom is 0.325 e. The summed E-state index contributed by atoms with van der Waals surface area (Å²) in [6.45, 7) is 1.50. The van der Waals surface area contributed by atoms with E-state index in [-0.39, 0.29) is 50.2 Å². The maximum atomic E-state index is 12.1. The van der Waals surface area contributed by atoms with Gasteiger partial charge in [-0.3, -0.25) is 24.1 Å². The van der Waals surface area contributed by atoms with E-state index < -0.39 is 5.97 Å². The number of nitrogens with zero attached hydrogens (tertiary/aromatic N) is 5. The topological polar surface area (TPSA) is 134 Å². The standard InChI is InChI=1S/C24H22Cl2N6O5S/c1-13(33)27-18-11-14(31(12-21(36)37-2)9-10-32-19(34)7-8-20(32)35)3-5-16(18)29-30-24-28-17-6-4-15(25)22(26)23(17)38-24/h3-6,11H,7-10,12H2,1-2H3,(H,27,33). The van der Waals surface area contributed by atoms with Crippen molar-refractivity contribution in [1.82, 2.24) is 9.88 Å². The van der Waals surface area contributed by atoms with Gasteiger partial charge in [-0.1, -0.05) is 34.5 Å². The van der Waals surface area contributed by atoms with Crippen molar-refractivity contribution in [3.8, 4) is 0 Å². The van der Waals surface area contributed by atoms with Crippen molar-refractivity contribution in [2.24, 2.45) is 10.2 Å². The number of likely N-dealkylation sites (tertiary alicyclic amines) is 1. The van der Waals surface area contributed by atoms with Crippen LogP contribution in [-0.2, 0) is 23.9 Å². The summed E-state index contributed by atoms with van der Waals surface area (Å²) in [7, 11) is 1.27. The number of amides is 3. The van der Waals surface area contributed by atoms with Crippen LogP contribution in [0.5, 0.6) is 0 Å². The van der Waals surface area contributed by atoms with Crippen LogP contribution < -0.4 is 10.2 Å². The van der Waals surface area contributed by atoms with Crippen LogP contribution >= 0.6 is 34.5 Å². The first-order chi connectivity index (χ1) is 18.2. The van der Waals surface area contributed by atoms with E-state index >= 15 is 0 Å². The first kappa shape index (κ1) is 27.4. The molecule has 3 amide bonds. The summed E-state index contributed by atoms with van der Waals surface area (Å²) in [5.41, 5.74) is 1.85. The van der Waals surface area contributed by atoms with Crippen LogP contribution in [0.3, 0.4) is 0 Å². The van der Waals surface area contributed by atoms with Gasteiger partial charge in [-0.2, -0.15) is 0 Å². The fourth-order valence-corrected chi connectivity index (χ4v) is 5.09. The van der Waals surface area contributed by atoms with Crippen LogP contribution in [0.4, 0.5) is 22.2 Å². The van der Waals surface area contributed by atoms with E-state index in [1.54, 1.807) is 35.2 Å². The molecule has 4 rings (SSSR count). The molecule has 0 spiro atoms. The molecule has 14 heteroatoms. The number of rotatable bonds is 9. The van der Waals surface area contributed by atoms with E-state index in [2.05, 4.69) is 20.5 Å². The molecule has 0 atom stereocenters. The van der Waals surface area contributed by atoms with Crippen molar-refractivity contribution in [2.45, 2.75) is 19.8 Å². The van der Waals surface area contributed by atoms with E-state index in [1.165, 1.54) is 30.3 Å². The average Bonchev–Trinajstić information content (AvgIpc) is 3.45. The fraction of sp³-hybridized carbons (Fsp3) is 0.292. The Morgan fingerprint density at radius 2 is 1.89 bits per heavy atom. The number of methoxy groups -OCH3 is 1. The molecule has 0 unspecified atom stereocenters. The number of carbonyl (C=O) groups excluding carboxylic acids is 4. The summed E-state index contributed by atoms with van der Waals surface area (Å²) in [5.74, 6) is -1.35. The second-order valence-corrected chi connectivity index (χ2v) is 9.99. The largest absolute Gasteiger partial charge is 0.468 e. The number of imide groups is 1. The summed E-state index contributed by atoms with van der Waals surface area (Å²) >= 11 is 13.6. The number of anilines is 2. The van der Waals surface area contributed by atoms with Crippen molar-refractivity contribution in [3.05, 3.63) is 40.4 Å². The van der Waals surface area contributed by atoms with Crippen molar-refractivity contribution >= 4 is 90.6 Å².